The molecule has 2 amide bonds. The molecule has 0 radical (unpaired) electrons. The molecule has 1 aromatic heterocycles. The molecule has 1 fully saturated rings. The highest BCUT2D eigenvalue weighted by Crippen LogP contribution is 2.44. The van der Waals surface area contributed by atoms with E-state index in [1.165, 1.54) is 22.6 Å². The molecule has 3 N–H and O–H groups in total. The molecule has 0 saturated carbocycles. The van der Waals surface area contributed by atoms with Gasteiger partial charge >= 0.3 is 13.5 Å². The predicted octanol–water partition coefficient (Wildman–Crippen LogP) is 3.54. The Hall–Kier alpha value is -4.59. The number of hydrogen-bond donors (Lipinski definition) is 3. The van der Waals surface area contributed by atoms with Crippen molar-refractivity contribution in [2.24, 2.45) is 0 Å². The van der Waals surface area contributed by atoms with Gasteiger partial charge in [-0.3, -0.25) is 23.7 Å². The van der Waals surface area contributed by atoms with Gasteiger partial charge in [-0.15, -0.1) is 0 Å². The number of amides is 2. The maximum Gasteiger partial charge on any atom is 0.323 e. The summed E-state index contributed by atoms with van der Waals surface area (Å²) in [6, 6.07) is 10.1. The van der Waals surface area contributed by atoms with E-state index < -0.39 is 71.4 Å². The Morgan fingerprint density at radius 1 is 1.12 bits per heavy atom. The number of hydrogen-bond acceptors (Lipinski definition) is 9. The zero-order valence-electron chi connectivity index (χ0n) is 27.1. The molecule has 2 aromatic carbocycles. The predicted molar refractivity (Wildman–Crippen MR) is 173 cm³/mol. The number of halogens is 2. The molecule has 2 aliphatic heterocycles. The Kier molecular flexibility index (Phi) is 10.6. The van der Waals surface area contributed by atoms with Gasteiger partial charge in [0, 0.05) is 44.1 Å². The molecule has 49 heavy (non-hydrogen) atoms. The van der Waals surface area contributed by atoms with Crippen molar-refractivity contribution in [3.8, 4) is 11.5 Å². The third-order valence-corrected chi connectivity index (χ3v) is 10.3. The fourth-order valence-electron chi connectivity index (χ4n) is 5.74. The van der Waals surface area contributed by atoms with Gasteiger partial charge in [0.1, 0.15) is 29.0 Å². The Morgan fingerprint density at radius 3 is 2.51 bits per heavy atom. The number of aromatic hydroxyl groups is 1. The van der Waals surface area contributed by atoms with Crippen molar-refractivity contribution in [2.75, 3.05) is 32.5 Å². The topological polar surface area (TPSA) is 165 Å². The number of rotatable bonds is 12. The highest BCUT2D eigenvalue weighted by molar-refractivity contribution is 7.57. The highest BCUT2D eigenvalue weighted by atomic mass is 31.2. The van der Waals surface area contributed by atoms with Crippen LogP contribution in [0.5, 0.6) is 11.5 Å². The normalized spacial score (nSPS) is 19.0. The second-order valence-corrected chi connectivity index (χ2v) is 14.5. The van der Waals surface area contributed by atoms with Crippen molar-refractivity contribution >= 4 is 25.3 Å². The lowest BCUT2D eigenvalue weighted by Crippen LogP contribution is -2.56. The summed E-state index contributed by atoms with van der Waals surface area (Å²) in [5.74, 6) is -4.77. The minimum atomic E-state index is -3.90. The molecule has 3 heterocycles. The van der Waals surface area contributed by atoms with Crippen LogP contribution in [0.3, 0.4) is 0 Å². The summed E-state index contributed by atoms with van der Waals surface area (Å²) < 4.78 is 59.8. The van der Waals surface area contributed by atoms with Gasteiger partial charge in [0.2, 0.25) is 5.43 Å². The summed E-state index contributed by atoms with van der Waals surface area (Å²) in [6.07, 6.45) is 0.824. The number of esters is 1. The van der Waals surface area contributed by atoms with Crippen molar-refractivity contribution in [1.82, 2.24) is 19.9 Å². The van der Waals surface area contributed by atoms with Crippen molar-refractivity contribution in [3.63, 3.8) is 0 Å². The van der Waals surface area contributed by atoms with Crippen molar-refractivity contribution in [2.45, 2.75) is 51.4 Å². The molecule has 0 bridgehead atoms. The van der Waals surface area contributed by atoms with Crippen LogP contribution in [0.15, 0.2) is 59.5 Å². The first-order valence-corrected chi connectivity index (χ1v) is 17.4. The summed E-state index contributed by atoms with van der Waals surface area (Å²) in [7, 11) is -3.90. The van der Waals surface area contributed by atoms with Crippen LogP contribution in [-0.2, 0) is 30.9 Å². The molecular formula is C33H37F2N4O9P. The third kappa shape index (κ3) is 7.85. The molecular weight excluding hydrogens is 665 g/mol. The average molecular weight is 703 g/mol. The standard InChI is InChI=1S/C33H37F2N4O9P/c1-20(2)47-32(44)21(3)37-49(45,48-24-7-5-4-6-8-24)14-12-38-18-33(11-13-46-19-33)39-17-25(28(40)29(41)27(39)31(38)43)30(42)36-16-22-9-10-23(34)15-26(22)35/h4-10,15,17,20-21,41H,11-14,16,18-19H2,1-3H3,(H,36,42)(H,37,45)/t21-,33?,49?/m0/s1. The number of benzene rings is 2. The summed E-state index contributed by atoms with van der Waals surface area (Å²) in [4.78, 5) is 54.2. The molecule has 16 heteroatoms. The maximum absolute atomic E-state index is 14.2. The second kappa shape index (κ2) is 14.5. The van der Waals surface area contributed by atoms with Crippen LogP contribution in [-0.4, -0.2) is 77.0 Å². The van der Waals surface area contributed by atoms with E-state index in [9.17, 15) is 37.6 Å². The van der Waals surface area contributed by atoms with Gasteiger partial charge in [-0.1, -0.05) is 24.3 Å². The Morgan fingerprint density at radius 2 is 1.86 bits per heavy atom. The SMILES string of the molecule is CC(C)OC(=O)[C@H](C)NP(=O)(CCN1CC2(CCOC2)n2cc(C(=O)NCc3ccc(F)cc3F)c(=O)c(O)c2C1=O)Oc1ccccc1. The van der Waals surface area contributed by atoms with Crippen molar-refractivity contribution < 1.29 is 46.8 Å². The summed E-state index contributed by atoms with van der Waals surface area (Å²) in [6.45, 7) is 4.61. The fourth-order valence-corrected chi connectivity index (χ4v) is 7.68. The minimum Gasteiger partial charge on any atom is -0.503 e. The molecule has 5 rings (SSSR count). The number of para-hydroxylation sites is 1. The molecule has 1 spiro atoms. The maximum atomic E-state index is 14.2. The van der Waals surface area contributed by atoms with Crippen LogP contribution >= 0.6 is 7.52 Å². The lowest BCUT2D eigenvalue weighted by Gasteiger charge is -2.43. The highest BCUT2D eigenvalue weighted by Gasteiger charge is 2.48. The van der Waals surface area contributed by atoms with E-state index in [1.807, 2.05) is 0 Å². The fraction of sp³-hybridized carbons (Fsp3) is 0.394. The monoisotopic (exact) mass is 702 g/mol. The van der Waals surface area contributed by atoms with E-state index in [1.54, 1.807) is 44.2 Å². The van der Waals surface area contributed by atoms with Crippen LogP contribution in [0.25, 0.3) is 0 Å². The number of nitrogens with one attached hydrogen (secondary N) is 2. The number of carbonyl (C=O) groups excluding carboxylic acids is 3. The summed E-state index contributed by atoms with van der Waals surface area (Å²) in [5, 5.41) is 16.3. The molecule has 13 nitrogen and oxygen atoms in total. The Balaban J connectivity index is 1.42. The first-order valence-electron chi connectivity index (χ1n) is 15.6. The van der Waals surface area contributed by atoms with E-state index in [2.05, 4.69) is 10.4 Å². The Bertz CT molecular complexity index is 1850. The minimum absolute atomic E-state index is 0.000719. The first-order chi connectivity index (χ1) is 23.2. The van der Waals surface area contributed by atoms with Gasteiger partial charge < -0.3 is 33.9 Å². The lowest BCUT2D eigenvalue weighted by molar-refractivity contribution is -0.149. The van der Waals surface area contributed by atoms with E-state index in [-0.39, 0.29) is 56.0 Å². The average Bonchev–Trinajstić information content (AvgIpc) is 3.52. The van der Waals surface area contributed by atoms with Gasteiger partial charge in [-0.25, -0.2) is 13.9 Å². The van der Waals surface area contributed by atoms with Gasteiger partial charge in [0.15, 0.2) is 11.4 Å². The van der Waals surface area contributed by atoms with Crippen LogP contribution in [0.1, 0.15) is 53.6 Å². The van der Waals surface area contributed by atoms with E-state index in [0.717, 1.165) is 12.1 Å². The Labute approximate surface area is 280 Å². The molecule has 2 unspecified atom stereocenters. The number of pyridine rings is 1. The number of ether oxygens (including phenoxy) is 2. The van der Waals surface area contributed by atoms with Gasteiger partial charge in [0.25, 0.3) is 11.8 Å². The summed E-state index contributed by atoms with van der Waals surface area (Å²) >= 11 is 0. The van der Waals surface area contributed by atoms with Crippen LogP contribution in [0.2, 0.25) is 0 Å². The van der Waals surface area contributed by atoms with Crippen LogP contribution in [0, 0.1) is 11.6 Å². The van der Waals surface area contributed by atoms with Gasteiger partial charge in [-0.05, 0) is 45.4 Å². The second-order valence-electron chi connectivity index (χ2n) is 12.2. The van der Waals surface area contributed by atoms with Gasteiger partial charge in [0.05, 0.1) is 24.4 Å². The first kappa shape index (κ1) is 35.7. The molecule has 1 saturated heterocycles. The smallest absolute Gasteiger partial charge is 0.323 e. The lowest BCUT2D eigenvalue weighted by atomic mass is 9.92. The number of nitrogens with zero attached hydrogens (tertiary/aromatic N) is 2. The van der Waals surface area contributed by atoms with E-state index in [4.69, 9.17) is 14.0 Å². The quantitative estimate of drug-likeness (QED) is 0.188. The number of carbonyl (C=O) groups is 3. The molecule has 3 atom stereocenters. The molecule has 262 valence electrons. The molecule has 3 aromatic rings. The zero-order valence-corrected chi connectivity index (χ0v) is 28.0. The summed E-state index contributed by atoms with van der Waals surface area (Å²) in [5.41, 5.74) is -3.06. The largest absolute Gasteiger partial charge is 0.503 e. The third-order valence-electron chi connectivity index (χ3n) is 8.21. The van der Waals surface area contributed by atoms with Crippen molar-refractivity contribution in [1.29, 1.82) is 0 Å². The van der Waals surface area contributed by atoms with Crippen LogP contribution in [0.4, 0.5) is 8.78 Å². The van der Waals surface area contributed by atoms with Crippen molar-refractivity contribution in [3.05, 3.63) is 93.4 Å². The van der Waals surface area contributed by atoms with E-state index >= 15 is 0 Å². The van der Waals surface area contributed by atoms with Crippen LogP contribution < -0.4 is 20.4 Å². The zero-order chi connectivity index (χ0) is 35.5. The van der Waals surface area contributed by atoms with E-state index in [0.29, 0.717) is 12.5 Å². The van der Waals surface area contributed by atoms with Gasteiger partial charge in [-0.2, -0.15) is 0 Å². The number of aromatic nitrogens is 1. The molecule has 2 aliphatic rings. The number of fused-ring (bicyclic) bond motifs is 2. The molecule has 0 aliphatic carbocycles.